The van der Waals surface area contributed by atoms with Crippen LogP contribution in [0, 0.1) is 0 Å². The van der Waals surface area contributed by atoms with E-state index in [1.807, 2.05) is 42.6 Å². The molecule has 16 heavy (non-hydrogen) atoms. The van der Waals surface area contributed by atoms with Crippen LogP contribution in [0.25, 0.3) is 11.3 Å². The van der Waals surface area contributed by atoms with Gasteiger partial charge >= 0.3 is 0 Å². The molecule has 0 atom stereocenters. The van der Waals surface area contributed by atoms with Crippen LogP contribution in [-0.2, 0) is 11.2 Å². The third-order valence-electron chi connectivity index (χ3n) is 2.36. The summed E-state index contributed by atoms with van der Waals surface area (Å²) in [6.07, 6.45) is 1.05. The normalized spacial score (nSPS) is 10.3. The van der Waals surface area contributed by atoms with Crippen molar-refractivity contribution in [3.05, 3.63) is 40.7 Å². The molecule has 0 saturated heterocycles. The monoisotopic (exact) mass is 231 g/mol. The third-order valence-corrected chi connectivity index (χ3v) is 3.21. The molecule has 0 radical (unpaired) electrons. The van der Waals surface area contributed by atoms with Crippen molar-refractivity contribution in [1.82, 2.24) is 4.98 Å². The fourth-order valence-corrected chi connectivity index (χ4v) is 2.26. The molecule has 0 bridgehead atoms. The molecule has 3 heteroatoms. The standard InChI is InChI=1S/C13H13NOS/c1-2-11(15)8-13-14-12(9-16-13)10-6-4-3-5-7-10/h3-7,9H,2,8H2,1H3. The molecule has 0 unspecified atom stereocenters. The van der Waals surface area contributed by atoms with Crippen LogP contribution in [-0.4, -0.2) is 10.8 Å². The number of rotatable bonds is 4. The van der Waals surface area contributed by atoms with Crippen molar-refractivity contribution in [3.63, 3.8) is 0 Å². The lowest BCUT2D eigenvalue weighted by Crippen LogP contribution is -1.99. The van der Waals surface area contributed by atoms with E-state index in [4.69, 9.17) is 0 Å². The van der Waals surface area contributed by atoms with Crippen molar-refractivity contribution in [2.75, 3.05) is 0 Å². The minimum Gasteiger partial charge on any atom is -0.299 e. The Morgan fingerprint density at radius 3 is 2.75 bits per heavy atom. The van der Waals surface area contributed by atoms with E-state index in [1.54, 1.807) is 11.3 Å². The van der Waals surface area contributed by atoms with E-state index >= 15 is 0 Å². The summed E-state index contributed by atoms with van der Waals surface area (Å²) in [4.78, 5) is 15.8. The van der Waals surface area contributed by atoms with Gasteiger partial charge in [-0.05, 0) is 0 Å². The van der Waals surface area contributed by atoms with Gasteiger partial charge in [0, 0.05) is 17.4 Å². The topological polar surface area (TPSA) is 30.0 Å². The summed E-state index contributed by atoms with van der Waals surface area (Å²) in [7, 11) is 0. The molecule has 0 spiro atoms. The lowest BCUT2D eigenvalue weighted by atomic mass is 10.2. The highest BCUT2D eigenvalue weighted by molar-refractivity contribution is 7.10. The maximum Gasteiger partial charge on any atom is 0.139 e. The first-order chi connectivity index (χ1) is 7.79. The van der Waals surface area contributed by atoms with Crippen molar-refractivity contribution in [3.8, 4) is 11.3 Å². The first-order valence-corrected chi connectivity index (χ1v) is 6.19. The number of aromatic nitrogens is 1. The predicted molar refractivity (Wildman–Crippen MR) is 66.6 cm³/mol. The molecule has 0 aliphatic heterocycles. The van der Waals surface area contributed by atoms with Gasteiger partial charge in [0.25, 0.3) is 0 Å². The first kappa shape index (κ1) is 11.0. The molecule has 0 aliphatic rings. The molecule has 2 rings (SSSR count). The number of hydrogen-bond acceptors (Lipinski definition) is 3. The van der Waals surface area contributed by atoms with Crippen LogP contribution in [0.1, 0.15) is 18.4 Å². The van der Waals surface area contributed by atoms with Gasteiger partial charge in [-0.15, -0.1) is 11.3 Å². The Hall–Kier alpha value is -1.48. The highest BCUT2D eigenvalue weighted by Gasteiger charge is 2.07. The van der Waals surface area contributed by atoms with Crippen LogP contribution in [0.15, 0.2) is 35.7 Å². The van der Waals surface area contributed by atoms with Crippen molar-refractivity contribution in [2.45, 2.75) is 19.8 Å². The van der Waals surface area contributed by atoms with Crippen LogP contribution >= 0.6 is 11.3 Å². The molecule has 1 aromatic heterocycles. The van der Waals surface area contributed by atoms with E-state index < -0.39 is 0 Å². The minimum atomic E-state index is 0.244. The number of carbonyl (C=O) groups excluding carboxylic acids is 1. The largest absolute Gasteiger partial charge is 0.299 e. The van der Waals surface area contributed by atoms with Crippen LogP contribution < -0.4 is 0 Å². The summed E-state index contributed by atoms with van der Waals surface area (Å²) in [6.45, 7) is 1.88. The molecular weight excluding hydrogens is 218 g/mol. The zero-order valence-corrected chi connectivity index (χ0v) is 9.96. The fourth-order valence-electron chi connectivity index (χ4n) is 1.43. The molecule has 0 fully saturated rings. The van der Waals surface area contributed by atoms with Gasteiger partial charge in [-0.3, -0.25) is 4.79 Å². The quantitative estimate of drug-likeness (QED) is 0.807. The number of thiazole rings is 1. The summed E-state index contributed by atoms with van der Waals surface area (Å²) in [6, 6.07) is 10.0. The van der Waals surface area contributed by atoms with E-state index in [0.717, 1.165) is 16.3 Å². The Bertz CT molecular complexity index is 476. The maximum atomic E-state index is 11.3. The van der Waals surface area contributed by atoms with Gasteiger partial charge in [-0.1, -0.05) is 37.3 Å². The molecule has 2 nitrogen and oxygen atoms in total. The second-order valence-electron chi connectivity index (χ2n) is 3.56. The zero-order valence-electron chi connectivity index (χ0n) is 9.14. The van der Waals surface area contributed by atoms with E-state index in [9.17, 15) is 4.79 Å². The molecule has 1 aromatic carbocycles. The van der Waals surface area contributed by atoms with Gasteiger partial charge in [0.15, 0.2) is 0 Å². The number of nitrogens with zero attached hydrogens (tertiary/aromatic N) is 1. The Morgan fingerprint density at radius 2 is 2.06 bits per heavy atom. The zero-order chi connectivity index (χ0) is 11.4. The molecular formula is C13H13NOS. The highest BCUT2D eigenvalue weighted by Crippen LogP contribution is 2.21. The summed E-state index contributed by atoms with van der Waals surface area (Å²) in [5, 5.41) is 2.92. The summed E-state index contributed by atoms with van der Waals surface area (Å²) < 4.78 is 0. The first-order valence-electron chi connectivity index (χ1n) is 5.31. The lowest BCUT2D eigenvalue weighted by molar-refractivity contribution is -0.118. The molecule has 0 amide bonds. The number of hydrogen-bond donors (Lipinski definition) is 0. The van der Waals surface area contributed by atoms with E-state index in [2.05, 4.69) is 4.98 Å². The maximum absolute atomic E-state index is 11.3. The number of ketones is 1. The fraction of sp³-hybridized carbons (Fsp3) is 0.231. The summed E-state index contributed by atoms with van der Waals surface area (Å²) in [5.41, 5.74) is 2.07. The van der Waals surface area contributed by atoms with Crippen molar-refractivity contribution < 1.29 is 4.79 Å². The smallest absolute Gasteiger partial charge is 0.139 e. The number of Topliss-reactive ketones (excluding diaryl/α,β-unsaturated/α-hetero) is 1. The van der Waals surface area contributed by atoms with Gasteiger partial charge in [-0.2, -0.15) is 0 Å². The molecule has 0 saturated carbocycles. The van der Waals surface area contributed by atoms with Crippen molar-refractivity contribution >= 4 is 17.1 Å². The average molecular weight is 231 g/mol. The summed E-state index contributed by atoms with van der Waals surface area (Å²) in [5.74, 6) is 0.244. The highest BCUT2D eigenvalue weighted by atomic mass is 32.1. The van der Waals surface area contributed by atoms with E-state index in [1.165, 1.54) is 0 Å². The SMILES string of the molecule is CCC(=O)Cc1nc(-c2ccccc2)cs1. The number of carbonyl (C=O) groups is 1. The van der Waals surface area contributed by atoms with Gasteiger partial charge < -0.3 is 0 Å². The minimum absolute atomic E-state index is 0.244. The number of benzene rings is 1. The molecule has 82 valence electrons. The van der Waals surface area contributed by atoms with Crippen LogP contribution in [0.3, 0.4) is 0 Å². The second-order valence-corrected chi connectivity index (χ2v) is 4.50. The van der Waals surface area contributed by atoms with Gasteiger partial charge in [0.1, 0.15) is 10.8 Å². The summed E-state index contributed by atoms with van der Waals surface area (Å²) >= 11 is 1.56. The molecule has 0 aliphatic carbocycles. The Labute approximate surface area is 99.0 Å². The van der Waals surface area contributed by atoms with Crippen LogP contribution in [0.2, 0.25) is 0 Å². The van der Waals surface area contributed by atoms with Crippen molar-refractivity contribution in [1.29, 1.82) is 0 Å². The van der Waals surface area contributed by atoms with E-state index in [0.29, 0.717) is 12.8 Å². The van der Waals surface area contributed by atoms with Crippen molar-refractivity contribution in [2.24, 2.45) is 0 Å². The van der Waals surface area contributed by atoms with E-state index in [-0.39, 0.29) is 5.78 Å². The predicted octanol–water partition coefficient (Wildman–Crippen LogP) is 3.33. The lowest BCUT2D eigenvalue weighted by Gasteiger charge is -1.94. The van der Waals surface area contributed by atoms with Crippen LogP contribution in [0.5, 0.6) is 0 Å². The van der Waals surface area contributed by atoms with Gasteiger partial charge in [0.2, 0.25) is 0 Å². The average Bonchev–Trinajstić information content (AvgIpc) is 2.78. The molecule has 0 N–H and O–H groups in total. The third kappa shape index (κ3) is 2.55. The van der Waals surface area contributed by atoms with Gasteiger partial charge in [-0.25, -0.2) is 4.98 Å². The molecule has 2 aromatic rings. The van der Waals surface area contributed by atoms with Crippen LogP contribution in [0.4, 0.5) is 0 Å². The Morgan fingerprint density at radius 1 is 1.31 bits per heavy atom. The Kier molecular flexibility index (Phi) is 3.47. The van der Waals surface area contributed by atoms with Gasteiger partial charge in [0.05, 0.1) is 12.1 Å². The second kappa shape index (κ2) is 5.03. The molecule has 1 heterocycles. The Balaban J connectivity index is 2.17.